The van der Waals surface area contributed by atoms with Crippen molar-refractivity contribution in [3.63, 3.8) is 0 Å². The van der Waals surface area contributed by atoms with E-state index in [1.165, 1.54) is 18.9 Å². The van der Waals surface area contributed by atoms with Gasteiger partial charge in [0.05, 0.1) is 0 Å². The summed E-state index contributed by atoms with van der Waals surface area (Å²) in [4.78, 5) is 11.3. The van der Waals surface area contributed by atoms with E-state index in [1.54, 1.807) is 6.20 Å². The molecule has 0 saturated carbocycles. The Bertz CT molecular complexity index is 426. The summed E-state index contributed by atoms with van der Waals surface area (Å²) in [5.41, 5.74) is 0.872. The molecule has 3 heteroatoms. The molecule has 0 aromatic carbocycles. The molecule has 0 saturated heterocycles. The van der Waals surface area contributed by atoms with Gasteiger partial charge in [0.2, 0.25) is 0 Å². The number of nitrogens with zero attached hydrogens (tertiary/aromatic N) is 2. The quantitative estimate of drug-likeness (QED) is 0.706. The third-order valence-electron chi connectivity index (χ3n) is 2.56. The maximum Gasteiger partial charge on any atom is 0.199 e. The standard InChI is InChI=1S/C12H16N2O/c1-3-4-5-7-14-8-6-12(15)11(9-13)10(14)2/h6,8H,3-5,7H2,1-2H3. The molecule has 3 nitrogen and oxygen atoms in total. The normalized spacial score (nSPS) is 9.93. The van der Waals surface area contributed by atoms with Gasteiger partial charge in [0.1, 0.15) is 11.6 Å². The van der Waals surface area contributed by atoms with Crippen LogP contribution in [0.2, 0.25) is 0 Å². The zero-order chi connectivity index (χ0) is 11.3. The molecule has 1 aromatic rings. The molecule has 1 aromatic heterocycles. The van der Waals surface area contributed by atoms with E-state index >= 15 is 0 Å². The van der Waals surface area contributed by atoms with Crippen LogP contribution in [-0.2, 0) is 6.54 Å². The van der Waals surface area contributed by atoms with Crippen LogP contribution < -0.4 is 5.43 Å². The molecule has 0 atom stereocenters. The number of hydrogen-bond acceptors (Lipinski definition) is 2. The van der Waals surface area contributed by atoms with Crippen LogP contribution in [0, 0.1) is 18.3 Å². The van der Waals surface area contributed by atoms with Gasteiger partial charge in [-0.05, 0) is 13.3 Å². The number of rotatable bonds is 4. The van der Waals surface area contributed by atoms with Crippen LogP contribution in [0.5, 0.6) is 0 Å². The van der Waals surface area contributed by atoms with Crippen molar-refractivity contribution in [1.82, 2.24) is 4.57 Å². The second-order valence-corrected chi connectivity index (χ2v) is 3.65. The molecule has 0 fully saturated rings. The van der Waals surface area contributed by atoms with Gasteiger partial charge in [0.15, 0.2) is 5.43 Å². The molecule has 0 N–H and O–H groups in total. The molecular formula is C12H16N2O. The summed E-state index contributed by atoms with van der Waals surface area (Å²) in [6, 6.07) is 3.43. The molecule has 80 valence electrons. The summed E-state index contributed by atoms with van der Waals surface area (Å²) in [6.07, 6.45) is 5.21. The molecule has 1 rings (SSSR count). The zero-order valence-corrected chi connectivity index (χ0v) is 9.29. The Morgan fingerprint density at radius 3 is 2.80 bits per heavy atom. The number of hydrogen-bond donors (Lipinski definition) is 0. The van der Waals surface area contributed by atoms with Gasteiger partial charge in [0, 0.05) is 24.5 Å². The summed E-state index contributed by atoms with van der Waals surface area (Å²) >= 11 is 0. The third-order valence-corrected chi connectivity index (χ3v) is 2.56. The molecule has 15 heavy (non-hydrogen) atoms. The van der Waals surface area contributed by atoms with Crippen molar-refractivity contribution >= 4 is 0 Å². The summed E-state index contributed by atoms with van der Waals surface area (Å²) in [5.74, 6) is 0. The molecule has 0 aliphatic carbocycles. The lowest BCUT2D eigenvalue weighted by atomic mass is 10.2. The molecule has 1 heterocycles. The van der Waals surface area contributed by atoms with Crippen LogP contribution in [0.25, 0.3) is 0 Å². The lowest BCUT2D eigenvalue weighted by Gasteiger charge is -2.10. The molecule has 0 spiro atoms. The second-order valence-electron chi connectivity index (χ2n) is 3.65. The largest absolute Gasteiger partial charge is 0.350 e. The van der Waals surface area contributed by atoms with E-state index in [0.29, 0.717) is 0 Å². The fourth-order valence-electron chi connectivity index (χ4n) is 1.59. The Kier molecular flexibility index (Phi) is 4.11. The van der Waals surface area contributed by atoms with Gasteiger partial charge in [-0.2, -0.15) is 5.26 Å². The SMILES string of the molecule is CCCCCn1ccc(=O)c(C#N)c1C. The van der Waals surface area contributed by atoms with Crippen LogP contribution in [0.1, 0.15) is 37.4 Å². The first-order valence-electron chi connectivity index (χ1n) is 5.30. The fourth-order valence-corrected chi connectivity index (χ4v) is 1.59. The minimum atomic E-state index is -0.179. The number of aryl methyl sites for hydroxylation is 1. The Labute approximate surface area is 90.0 Å². The monoisotopic (exact) mass is 204 g/mol. The Balaban J connectivity index is 2.92. The molecule has 0 aliphatic rings. The van der Waals surface area contributed by atoms with Crippen molar-refractivity contribution in [3.8, 4) is 6.07 Å². The topological polar surface area (TPSA) is 45.8 Å². The highest BCUT2D eigenvalue weighted by atomic mass is 16.1. The Hall–Kier alpha value is -1.56. The zero-order valence-electron chi connectivity index (χ0n) is 9.29. The van der Waals surface area contributed by atoms with Gasteiger partial charge in [-0.1, -0.05) is 19.8 Å². The Morgan fingerprint density at radius 1 is 1.47 bits per heavy atom. The highest BCUT2D eigenvalue weighted by Crippen LogP contribution is 2.05. The first kappa shape index (κ1) is 11.5. The van der Waals surface area contributed by atoms with Gasteiger partial charge < -0.3 is 4.57 Å². The average Bonchev–Trinajstić information content (AvgIpc) is 2.22. The molecule has 0 radical (unpaired) electrons. The van der Waals surface area contributed by atoms with E-state index in [9.17, 15) is 4.79 Å². The van der Waals surface area contributed by atoms with Crippen molar-refractivity contribution in [2.24, 2.45) is 0 Å². The van der Waals surface area contributed by atoms with Crippen molar-refractivity contribution in [1.29, 1.82) is 5.26 Å². The van der Waals surface area contributed by atoms with Crippen molar-refractivity contribution in [3.05, 3.63) is 33.7 Å². The maximum absolute atomic E-state index is 11.3. The minimum absolute atomic E-state index is 0.179. The number of pyridine rings is 1. The highest BCUT2D eigenvalue weighted by molar-refractivity contribution is 5.32. The third kappa shape index (κ3) is 2.69. The van der Waals surface area contributed by atoms with Crippen LogP contribution in [-0.4, -0.2) is 4.57 Å². The van der Waals surface area contributed by atoms with Crippen LogP contribution in [0.15, 0.2) is 17.1 Å². The van der Waals surface area contributed by atoms with Crippen LogP contribution in [0.4, 0.5) is 0 Å². The van der Waals surface area contributed by atoms with E-state index in [4.69, 9.17) is 5.26 Å². The molecule has 0 aliphatic heterocycles. The summed E-state index contributed by atoms with van der Waals surface area (Å²) < 4.78 is 1.98. The molecule has 0 bridgehead atoms. The van der Waals surface area contributed by atoms with E-state index < -0.39 is 0 Å². The number of aromatic nitrogens is 1. The van der Waals surface area contributed by atoms with E-state index in [-0.39, 0.29) is 11.0 Å². The lowest BCUT2D eigenvalue weighted by Crippen LogP contribution is -2.14. The maximum atomic E-state index is 11.3. The lowest BCUT2D eigenvalue weighted by molar-refractivity contribution is 0.587. The van der Waals surface area contributed by atoms with Crippen LogP contribution in [0.3, 0.4) is 0 Å². The van der Waals surface area contributed by atoms with Crippen molar-refractivity contribution in [2.45, 2.75) is 39.7 Å². The fraction of sp³-hybridized carbons (Fsp3) is 0.500. The van der Waals surface area contributed by atoms with Gasteiger partial charge in [0.25, 0.3) is 0 Å². The first-order valence-corrected chi connectivity index (χ1v) is 5.30. The minimum Gasteiger partial charge on any atom is -0.350 e. The van der Waals surface area contributed by atoms with Gasteiger partial charge in [-0.15, -0.1) is 0 Å². The van der Waals surface area contributed by atoms with Crippen molar-refractivity contribution < 1.29 is 0 Å². The summed E-state index contributed by atoms with van der Waals surface area (Å²) in [5, 5.41) is 8.83. The number of nitriles is 1. The molecule has 0 unspecified atom stereocenters. The predicted octanol–water partition coefficient (Wildman–Crippen LogP) is 2.22. The predicted molar refractivity (Wildman–Crippen MR) is 59.7 cm³/mol. The van der Waals surface area contributed by atoms with E-state index in [1.807, 2.05) is 17.6 Å². The summed E-state index contributed by atoms with van der Waals surface area (Å²) in [7, 11) is 0. The first-order chi connectivity index (χ1) is 7.20. The number of unbranched alkanes of at least 4 members (excludes halogenated alkanes) is 2. The average molecular weight is 204 g/mol. The molecular weight excluding hydrogens is 188 g/mol. The van der Waals surface area contributed by atoms with Crippen LogP contribution >= 0.6 is 0 Å². The van der Waals surface area contributed by atoms with Gasteiger partial charge in [-0.3, -0.25) is 4.79 Å². The second kappa shape index (κ2) is 5.35. The van der Waals surface area contributed by atoms with E-state index in [0.717, 1.165) is 18.7 Å². The summed E-state index contributed by atoms with van der Waals surface area (Å²) in [6.45, 7) is 4.86. The highest BCUT2D eigenvalue weighted by Gasteiger charge is 2.05. The van der Waals surface area contributed by atoms with Gasteiger partial charge in [-0.25, -0.2) is 0 Å². The Morgan fingerprint density at radius 2 is 2.20 bits per heavy atom. The van der Waals surface area contributed by atoms with E-state index in [2.05, 4.69) is 6.92 Å². The smallest absolute Gasteiger partial charge is 0.199 e. The van der Waals surface area contributed by atoms with Crippen molar-refractivity contribution in [2.75, 3.05) is 0 Å². The van der Waals surface area contributed by atoms with Gasteiger partial charge >= 0.3 is 0 Å². The molecule has 0 amide bonds.